The average Bonchev–Trinajstić information content (AvgIpc) is 2.97. The zero-order valence-electron chi connectivity index (χ0n) is 9.89. The molecule has 1 aliphatic heterocycles. The summed E-state index contributed by atoms with van der Waals surface area (Å²) in [4.78, 5) is 24.0. The molecule has 0 bridgehead atoms. The van der Waals surface area contributed by atoms with E-state index in [9.17, 15) is 14.7 Å². The van der Waals surface area contributed by atoms with Crippen molar-refractivity contribution in [2.45, 2.75) is 12.0 Å². The van der Waals surface area contributed by atoms with Crippen molar-refractivity contribution in [3.8, 4) is 0 Å². The van der Waals surface area contributed by atoms with Crippen molar-refractivity contribution in [2.75, 3.05) is 11.5 Å². The number of thiophene rings is 1. The van der Waals surface area contributed by atoms with Gasteiger partial charge in [0.25, 0.3) is 0 Å². The predicted molar refractivity (Wildman–Crippen MR) is 81.5 cm³/mol. The molecule has 1 aromatic heterocycles. The van der Waals surface area contributed by atoms with Crippen LogP contribution in [-0.4, -0.2) is 34.0 Å². The molecule has 0 saturated carbocycles. The summed E-state index contributed by atoms with van der Waals surface area (Å²) in [6, 6.07) is 3.78. The molecule has 0 spiro atoms. The second kappa shape index (κ2) is 6.11. The number of amides is 1. The fourth-order valence-corrected chi connectivity index (χ4v) is 4.39. The van der Waals surface area contributed by atoms with Gasteiger partial charge in [-0.25, -0.2) is 4.79 Å². The summed E-state index contributed by atoms with van der Waals surface area (Å²) in [5.74, 6) is -0.145. The molecule has 1 aliphatic rings. The number of hydrogen-bond acceptors (Lipinski definition) is 4. The molecule has 1 unspecified atom stereocenters. The first kappa shape index (κ1) is 14.6. The number of carbonyl (C=O) groups is 2. The van der Waals surface area contributed by atoms with Gasteiger partial charge < -0.3 is 10.4 Å². The van der Waals surface area contributed by atoms with Gasteiger partial charge in [-0.1, -0.05) is 0 Å². The van der Waals surface area contributed by atoms with Crippen LogP contribution in [-0.2, 0) is 9.59 Å². The fourth-order valence-electron chi connectivity index (χ4n) is 1.74. The number of halogens is 1. The van der Waals surface area contributed by atoms with E-state index >= 15 is 0 Å². The Labute approximate surface area is 127 Å². The number of aliphatic carboxylic acids is 1. The third-order valence-corrected chi connectivity index (χ3v) is 5.57. The summed E-state index contributed by atoms with van der Waals surface area (Å²) in [5.41, 5.74) is -1.11. The molecule has 1 atom stereocenters. The summed E-state index contributed by atoms with van der Waals surface area (Å²) in [6.07, 6.45) is 3.53. The molecule has 4 nitrogen and oxygen atoms in total. The van der Waals surface area contributed by atoms with Gasteiger partial charge in [0, 0.05) is 16.7 Å². The van der Waals surface area contributed by atoms with Gasteiger partial charge in [-0.2, -0.15) is 11.8 Å². The van der Waals surface area contributed by atoms with Crippen molar-refractivity contribution in [2.24, 2.45) is 0 Å². The van der Waals surface area contributed by atoms with Crippen molar-refractivity contribution in [3.05, 3.63) is 26.9 Å². The lowest BCUT2D eigenvalue weighted by Crippen LogP contribution is -2.54. The smallest absolute Gasteiger partial charge is 0.330 e. The summed E-state index contributed by atoms with van der Waals surface area (Å²) in [6.45, 7) is 0. The van der Waals surface area contributed by atoms with E-state index in [0.717, 1.165) is 14.4 Å². The fraction of sp³-hybridized carbons (Fsp3) is 0.333. The number of carboxylic acids is 1. The van der Waals surface area contributed by atoms with Crippen LogP contribution in [0.4, 0.5) is 0 Å². The minimum absolute atomic E-state index is 0.366. The summed E-state index contributed by atoms with van der Waals surface area (Å²) >= 11 is 6.39. The molecule has 1 aromatic rings. The SMILES string of the molecule is O=C(C=Cc1ccc(Br)s1)NC1(C(=O)O)CCSC1. The standard InChI is InChI=1S/C12H12BrNO3S2/c13-9-3-1-8(19-9)2-4-10(15)14-12(11(16)17)5-6-18-7-12/h1-4H,5-7H2,(H,14,15)(H,16,17). The molecule has 0 aromatic carbocycles. The Kier molecular flexibility index (Phi) is 4.70. The van der Waals surface area contributed by atoms with Gasteiger partial charge in [0.2, 0.25) is 5.91 Å². The Morgan fingerprint density at radius 3 is 2.79 bits per heavy atom. The molecule has 0 radical (unpaired) electrons. The molecular weight excluding hydrogens is 350 g/mol. The molecule has 1 amide bonds. The van der Waals surface area contributed by atoms with Crippen molar-refractivity contribution in [1.82, 2.24) is 5.32 Å². The highest BCUT2D eigenvalue weighted by atomic mass is 79.9. The maximum atomic E-state index is 11.8. The summed E-state index contributed by atoms with van der Waals surface area (Å²) < 4.78 is 0.988. The van der Waals surface area contributed by atoms with E-state index in [1.807, 2.05) is 12.1 Å². The minimum Gasteiger partial charge on any atom is -0.479 e. The van der Waals surface area contributed by atoms with E-state index in [0.29, 0.717) is 12.2 Å². The lowest BCUT2D eigenvalue weighted by atomic mass is 9.99. The Morgan fingerprint density at radius 2 is 2.26 bits per heavy atom. The van der Waals surface area contributed by atoms with E-state index in [1.54, 1.807) is 17.8 Å². The first-order chi connectivity index (χ1) is 9.02. The van der Waals surface area contributed by atoms with Crippen LogP contribution in [0.15, 0.2) is 22.0 Å². The van der Waals surface area contributed by atoms with Gasteiger partial charge in [0.05, 0.1) is 3.79 Å². The van der Waals surface area contributed by atoms with Gasteiger partial charge >= 0.3 is 5.97 Å². The van der Waals surface area contributed by atoms with Crippen molar-refractivity contribution >= 4 is 57.0 Å². The summed E-state index contributed by atoms with van der Waals surface area (Å²) in [7, 11) is 0. The van der Waals surface area contributed by atoms with Crippen LogP contribution in [0.5, 0.6) is 0 Å². The number of nitrogens with one attached hydrogen (secondary N) is 1. The van der Waals surface area contributed by atoms with Crippen LogP contribution in [0, 0.1) is 0 Å². The van der Waals surface area contributed by atoms with E-state index < -0.39 is 11.5 Å². The van der Waals surface area contributed by atoms with Gasteiger partial charge in [0.1, 0.15) is 5.54 Å². The topological polar surface area (TPSA) is 66.4 Å². The lowest BCUT2D eigenvalue weighted by molar-refractivity contribution is -0.145. The van der Waals surface area contributed by atoms with Crippen molar-refractivity contribution in [1.29, 1.82) is 0 Å². The first-order valence-corrected chi connectivity index (χ1v) is 8.35. The van der Waals surface area contributed by atoms with Crippen LogP contribution in [0.25, 0.3) is 6.08 Å². The van der Waals surface area contributed by atoms with Crippen molar-refractivity contribution in [3.63, 3.8) is 0 Å². The monoisotopic (exact) mass is 361 g/mol. The highest BCUT2D eigenvalue weighted by molar-refractivity contribution is 9.11. The van der Waals surface area contributed by atoms with Crippen LogP contribution in [0.1, 0.15) is 11.3 Å². The zero-order valence-corrected chi connectivity index (χ0v) is 13.1. The maximum absolute atomic E-state index is 11.8. The summed E-state index contributed by atoms with van der Waals surface area (Å²) in [5, 5.41) is 11.9. The van der Waals surface area contributed by atoms with Crippen LogP contribution in [0.3, 0.4) is 0 Å². The van der Waals surface area contributed by atoms with E-state index in [4.69, 9.17) is 0 Å². The molecule has 0 aliphatic carbocycles. The quantitative estimate of drug-likeness (QED) is 0.808. The molecule has 2 heterocycles. The third kappa shape index (κ3) is 3.61. The number of thioether (sulfide) groups is 1. The van der Waals surface area contributed by atoms with E-state index in [-0.39, 0.29) is 5.91 Å². The molecular formula is C12H12BrNO3S2. The Balaban J connectivity index is 2.00. The predicted octanol–water partition coefficient (Wildman–Crippen LogP) is 2.60. The molecule has 2 N–H and O–H groups in total. The van der Waals surface area contributed by atoms with Gasteiger partial charge in [-0.05, 0) is 46.3 Å². The normalized spacial score (nSPS) is 22.8. The highest BCUT2D eigenvalue weighted by Crippen LogP contribution is 2.28. The Bertz CT molecular complexity index is 521. The zero-order chi connectivity index (χ0) is 13.9. The van der Waals surface area contributed by atoms with Gasteiger partial charge in [-0.3, -0.25) is 4.79 Å². The van der Waals surface area contributed by atoms with Gasteiger partial charge in [-0.15, -0.1) is 11.3 Å². The second-order valence-corrected chi connectivity index (χ2v) is 7.75. The van der Waals surface area contributed by atoms with Gasteiger partial charge in [0.15, 0.2) is 0 Å². The largest absolute Gasteiger partial charge is 0.479 e. The molecule has 19 heavy (non-hydrogen) atoms. The van der Waals surface area contributed by atoms with E-state index in [2.05, 4.69) is 21.2 Å². The molecule has 1 saturated heterocycles. The van der Waals surface area contributed by atoms with Crippen molar-refractivity contribution < 1.29 is 14.7 Å². The molecule has 102 valence electrons. The number of hydrogen-bond donors (Lipinski definition) is 2. The highest BCUT2D eigenvalue weighted by Gasteiger charge is 2.42. The minimum atomic E-state index is -1.11. The van der Waals surface area contributed by atoms with E-state index in [1.165, 1.54) is 17.4 Å². The second-order valence-electron chi connectivity index (χ2n) is 4.15. The third-order valence-electron chi connectivity index (χ3n) is 2.79. The molecule has 1 fully saturated rings. The molecule has 2 rings (SSSR count). The molecule has 7 heteroatoms. The average molecular weight is 362 g/mol. The number of rotatable bonds is 4. The Morgan fingerprint density at radius 1 is 1.47 bits per heavy atom. The first-order valence-electron chi connectivity index (χ1n) is 5.58. The number of carbonyl (C=O) groups excluding carboxylic acids is 1. The van der Waals surface area contributed by atoms with Crippen LogP contribution >= 0.6 is 39.0 Å². The van der Waals surface area contributed by atoms with Crippen LogP contribution < -0.4 is 5.32 Å². The maximum Gasteiger partial charge on any atom is 0.330 e. The van der Waals surface area contributed by atoms with Crippen LogP contribution in [0.2, 0.25) is 0 Å². The number of carboxylic acid groups (broad SMARTS) is 1. The lowest BCUT2D eigenvalue weighted by Gasteiger charge is -2.23. The Hall–Kier alpha value is -0.790.